The van der Waals surface area contributed by atoms with Gasteiger partial charge in [0.05, 0.1) is 11.0 Å². The minimum Gasteiger partial charge on any atom is -0.485 e. The van der Waals surface area contributed by atoms with Gasteiger partial charge < -0.3 is 9.30 Å². The molecule has 26 heavy (non-hydrogen) atoms. The van der Waals surface area contributed by atoms with E-state index in [0.717, 1.165) is 33.7 Å². The number of hydrogen-bond acceptors (Lipinski definition) is 2. The smallest absolute Gasteiger partial charge is 0.148 e. The van der Waals surface area contributed by atoms with Crippen LogP contribution in [0, 0.1) is 12.7 Å². The van der Waals surface area contributed by atoms with Gasteiger partial charge in [0.15, 0.2) is 0 Å². The van der Waals surface area contributed by atoms with Crippen LogP contribution in [0.15, 0.2) is 72.8 Å². The van der Waals surface area contributed by atoms with Crippen LogP contribution in [-0.4, -0.2) is 9.55 Å². The average molecular weight is 346 g/mol. The fraction of sp³-hybridized carbons (Fsp3) is 0.136. The van der Waals surface area contributed by atoms with Crippen molar-refractivity contribution in [3.8, 4) is 5.75 Å². The van der Waals surface area contributed by atoms with Crippen LogP contribution in [0.5, 0.6) is 5.75 Å². The van der Waals surface area contributed by atoms with Gasteiger partial charge in [0.25, 0.3) is 0 Å². The summed E-state index contributed by atoms with van der Waals surface area (Å²) in [7, 11) is 0. The van der Waals surface area contributed by atoms with Gasteiger partial charge in [-0.2, -0.15) is 0 Å². The first-order valence-electron chi connectivity index (χ1n) is 8.58. The molecule has 0 saturated heterocycles. The molecule has 0 aliphatic rings. The molecule has 4 heteroatoms. The Labute approximate surface area is 151 Å². The third kappa shape index (κ3) is 3.31. The maximum Gasteiger partial charge on any atom is 0.148 e. The van der Waals surface area contributed by atoms with Crippen molar-refractivity contribution in [2.24, 2.45) is 0 Å². The number of fused-ring (bicyclic) bond motifs is 1. The summed E-state index contributed by atoms with van der Waals surface area (Å²) in [5, 5.41) is 0. The first kappa shape index (κ1) is 16.3. The molecular formula is C22H19FN2O. The van der Waals surface area contributed by atoms with Crippen LogP contribution in [0.25, 0.3) is 11.0 Å². The fourth-order valence-electron chi connectivity index (χ4n) is 3.05. The number of benzene rings is 3. The molecule has 0 aliphatic heterocycles. The van der Waals surface area contributed by atoms with Crippen molar-refractivity contribution in [3.05, 3.63) is 95.6 Å². The van der Waals surface area contributed by atoms with Crippen molar-refractivity contribution in [2.45, 2.75) is 20.1 Å². The normalized spacial score (nSPS) is 11.0. The Hall–Kier alpha value is -3.14. The third-order valence-corrected chi connectivity index (χ3v) is 4.44. The molecule has 4 rings (SSSR count). The summed E-state index contributed by atoms with van der Waals surface area (Å²) in [6, 6.07) is 22.5. The van der Waals surface area contributed by atoms with Gasteiger partial charge in [0.2, 0.25) is 0 Å². The van der Waals surface area contributed by atoms with Crippen molar-refractivity contribution in [2.75, 3.05) is 0 Å². The van der Waals surface area contributed by atoms with E-state index in [1.807, 2.05) is 55.5 Å². The van der Waals surface area contributed by atoms with E-state index in [1.165, 1.54) is 12.1 Å². The largest absolute Gasteiger partial charge is 0.485 e. The molecule has 0 radical (unpaired) electrons. The molecule has 0 N–H and O–H groups in total. The number of imidazole rings is 1. The van der Waals surface area contributed by atoms with Crippen molar-refractivity contribution >= 4 is 11.0 Å². The predicted molar refractivity (Wildman–Crippen MR) is 101 cm³/mol. The molecule has 0 bridgehead atoms. The van der Waals surface area contributed by atoms with E-state index >= 15 is 0 Å². The molecule has 0 atom stereocenters. The van der Waals surface area contributed by atoms with Gasteiger partial charge in [-0.1, -0.05) is 42.5 Å². The molecule has 4 aromatic rings. The van der Waals surface area contributed by atoms with Crippen LogP contribution >= 0.6 is 0 Å². The average Bonchev–Trinajstić information content (AvgIpc) is 3.00. The molecule has 0 aliphatic carbocycles. The van der Waals surface area contributed by atoms with Gasteiger partial charge in [0.1, 0.15) is 24.0 Å². The van der Waals surface area contributed by atoms with Crippen LogP contribution in [0.1, 0.15) is 17.0 Å². The number of halogens is 1. The monoisotopic (exact) mass is 346 g/mol. The number of ether oxygens (including phenoxy) is 1. The predicted octanol–water partition coefficient (Wildman–Crippen LogP) is 5.11. The van der Waals surface area contributed by atoms with Crippen LogP contribution < -0.4 is 4.74 Å². The lowest BCUT2D eigenvalue weighted by Crippen LogP contribution is -2.08. The lowest BCUT2D eigenvalue weighted by atomic mass is 10.2. The van der Waals surface area contributed by atoms with E-state index in [4.69, 9.17) is 9.72 Å². The molecule has 3 nitrogen and oxygen atoms in total. The summed E-state index contributed by atoms with van der Waals surface area (Å²) in [6.45, 7) is 3.02. The standard InChI is InChI=1S/C22H19FN2O/c1-16-6-2-5-9-21(16)26-15-22-24-19-7-3-4-8-20(19)25(22)14-17-10-12-18(23)13-11-17/h2-13H,14-15H2,1H3. The Kier molecular flexibility index (Phi) is 4.40. The van der Waals surface area contributed by atoms with Gasteiger partial charge in [0, 0.05) is 6.54 Å². The van der Waals surface area contributed by atoms with Crippen molar-refractivity contribution in [1.82, 2.24) is 9.55 Å². The first-order valence-corrected chi connectivity index (χ1v) is 8.58. The van der Waals surface area contributed by atoms with E-state index in [0.29, 0.717) is 13.2 Å². The molecule has 130 valence electrons. The molecular weight excluding hydrogens is 327 g/mol. The number of aromatic nitrogens is 2. The van der Waals surface area contributed by atoms with E-state index in [1.54, 1.807) is 12.1 Å². The summed E-state index contributed by atoms with van der Waals surface area (Å²) in [5.74, 6) is 1.47. The SMILES string of the molecule is Cc1ccccc1OCc1nc2ccccc2n1Cc1ccc(F)cc1. The first-order chi connectivity index (χ1) is 12.7. The fourth-order valence-corrected chi connectivity index (χ4v) is 3.05. The Morgan fingerprint density at radius 1 is 0.923 bits per heavy atom. The molecule has 0 amide bonds. The van der Waals surface area contributed by atoms with Crippen molar-refractivity contribution in [1.29, 1.82) is 0 Å². The second kappa shape index (κ2) is 7.00. The third-order valence-electron chi connectivity index (χ3n) is 4.44. The second-order valence-corrected chi connectivity index (χ2v) is 6.28. The zero-order valence-electron chi connectivity index (χ0n) is 14.5. The Morgan fingerprint density at radius 2 is 1.65 bits per heavy atom. The molecule has 0 saturated carbocycles. The van der Waals surface area contributed by atoms with Gasteiger partial charge >= 0.3 is 0 Å². The van der Waals surface area contributed by atoms with E-state index in [2.05, 4.69) is 4.57 Å². The van der Waals surface area contributed by atoms with Crippen molar-refractivity contribution < 1.29 is 9.13 Å². The Balaban J connectivity index is 1.67. The Morgan fingerprint density at radius 3 is 2.46 bits per heavy atom. The highest BCUT2D eigenvalue weighted by Gasteiger charge is 2.12. The molecule has 3 aromatic carbocycles. The summed E-state index contributed by atoms with van der Waals surface area (Å²) in [6.07, 6.45) is 0. The number of para-hydroxylation sites is 3. The van der Waals surface area contributed by atoms with Gasteiger partial charge in [-0.15, -0.1) is 0 Å². The number of nitrogens with zero attached hydrogens (tertiary/aromatic N) is 2. The van der Waals surface area contributed by atoms with Crippen LogP contribution in [-0.2, 0) is 13.2 Å². The van der Waals surface area contributed by atoms with Gasteiger partial charge in [-0.05, 0) is 48.4 Å². The molecule has 1 aromatic heterocycles. The minimum absolute atomic E-state index is 0.229. The number of rotatable bonds is 5. The number of hydrogen-bond donors (Lipinski definition) is 0. The summed E-state index contributed by atoms with van der Waals surface area (Å²) >= 11 is 0. The second-order valence-electron chi connectivity index (χ2n) is 6.28. The molecule has 0 fully saturated rings. The zero-order valence-corrected chi connectivity index (χ0v) is 14.5. The summed E-state index contributed by atoms with van der Waals surface area (Å²) < 4.78 is 21.3. The lowest BCUT2D eigenvalue weighted by molar-refractivity contribution is 0.289. The zero-order chi connectivity index (χ0) is 17.9. The quantitative estimate of drug-likeness (QED) is 0.502. The Bertz CT molecular complexity index is 1040. The lowest BCUT2D eigenvalue weighted by Gasteiger charge is -2.12. The van der Waals surface area contributed by atoms with E-state index in [9.17, 15) is 4.39 Å². The summed E-state index contributed by atoms with van der Waals surface area (Å²) in [5.41, 5.74) is 4.08. The minimum atomic E-state index is -0.229. The van der Waals surface area contributed by atoms with Crippen molar-refractivity contribution in [3.63, 3.8) is 0 Å². The maximum atomic E-state index is 13.2. The molecule has 0 spiro atoms. The highest BCUT2D eigenvalue weighted by molar-refractivity contribution is 5.76. The topological polar surface area (TPSA) is 27.1 Å². The van der Waals surface area contributed by atoms with E-state index < -0.39 is 0 Å². The van der Waals surface area contributed by atoms with E-state index in [-0.39, 0.29) is 5.82 Å². The van der Waals surface area contributed by atoms with Crippen LogP contribution in [0.4, 0.5) is 4.39 Å². The molecule has 0 unspecified atom stereocenters. The van der Waals surface area contributed by atoms with Crippen LogP contribution in [0.2, 0.25) is 0 Å². The van der Waals surface area contributed by atoms with Gasteiger partial charge in [-0.25, -0.2) is 9.37 Å². The number of aryl methyl sites for hydroxylation is 1. The van der Waals surface area contributed by atoms with Crippen LogP contribution in [0.3, 0.4) is 0 Å². The highest BCUT2D eigenvalue weighted by atomic mass is 19.1. The molecule has 1 heterocycles. The highest BCUT2D eigenvalue weighted by Crippen LogP contribution is 2.21. The van der Waals surface area contributed by atoms with Gasteiger partial charge in [-0.3, -0.25) is 0 Å². The maximum absolute atomic E-state index is 13.2. The summed E-state index contributed by atoms with van der Waals surface area (Å²) in [4.78, 5) is 4.74.